The van der Waals surface area contributed by atoms with Crippen molar-refractivity contribution in [3.8, 4) is 0 Å². The standard InChI is InChI=1S/C24H24N2O5/c1-14-5-6-18-15(10-24(30)31-21(18)7-14)9-23(29)25-11-16-8-17(12-25)20(13-27)26-19(16)3-2-4-22(26)28/h2-7,10,16-17,20,27H,8-9,11-13H2,1H3/t16-,17+,20+/m1/s1. The number of piperidine rings is 1. The zero-order valence-electron chi connectivity index (χ0n) is 17.3. The third-order valence-corrected chi connectivity index (χ3v) is 6.67. The van der Waals surface area contributed by atoms with E-state index in [4.69, 9.17) is 4.42 Å². The van der Waals surface area contributed by atoms with Gasteiger partial charge in [0.1, 0.15) is 5.58 Å². The molecule has 0 radical (unpaired) electrons. The van der Waals surface area contributed by atoms with Crippen molar-refractivity contribution >= 4 is 16.9 Å². The first-order valence-electron chi connectivity index (χ1n) is 10.6. The number of carbonyl (C=O) groups is 1. The molecule has 7 heteroatoms. The highest BCUT2D eigenvalue weighted by Crippen LogP contribution is 2.41. The molecule has 1 amide bonds. The summed E-state index contributed by atoms with van der Waals surface area (Å²) in [5, 5.41) is 10.8. The Morgan fingerprint density at radius 3 is 2.81 bits per heavy atom. The second-order valence-electron chi connectivity index (χ2n) is 8.67. The van der Waals surface area contributed by atoms with Crippen LogP contribution in [0.4, 0.5) is 0 Å². The number of likely N-dealkylation sites (tertiary alicyclic amines) is 1. The number of aliphatic hydroxyl groups excluding tert-OH is 1. The van der Waals surface area contributed by atoms with Crippen LogP contribution in [0.1, 0.15) is 35.2 Å². The van der Waals surface area contributed by atoms with Crippen LogP contribution >= 0.6 is 0 Å². The number of nitrogens with zero attached hydrogens (tertiary/aromatic N) is 2. The topological polar surface area (TPSA) is 92.8 Å². The smallest absolute Gasteiger partial charge is 0.336 e. The van der Waals surface area contributed by atoms with E-state index in [1.54, 1.807) is 16.7 Å². The zero-order chi connectivity index (χ0) is 21.7. The minimum Gasteiger partial charge on any atom is -0.423 e. The molecule has 0 unspecified atom stereocenters. The number of aromatic nitrogens is 1. The van der Waals surface area contributed by atoms with Crippen molar-refractivity contribution in [1.29, 1.82) is 0 Å². The van der Waals surface area contributed by atoms with Gasteiger partial charge in [-0.1, -0.05) is 18.2 Å². The van der Waals surface area contributed by atoms with Gasteiger partial charge in [-0.15, -0.1) is 0 Å². The van der Waals surface area contributed by atoms with Crippen LogP contribution in [0.15, 0.2) is 56.5 Å². The lowest BCUT2D eigenvalue weighted by molar-refractivity contribution is -0.133. The van der Waals surface area contributed by atoms with E-state index < -0.39 is 5.63 Å². The number of hydrogen-bond donors (Lipinski definition) is 1. The van der Waals surface area contributed by atoms with E-state index in [2.05, 4.69) is 0 Å². The van der Waals surface area contributed by atoms with E-state index in [0.29, 0.717) is 24.2 Å². The molecule has 4 heterocycles. The lowest BCUT2D eigenvalue weighted by Crippen LogP contribution is -2.52. The molecule has 5 rings (SSSR count). The number of fused-ring (bicyclic) bond motifs is 5. The predicted molar refractivity (Wildman–Crippen MR) is 115 cm³/mol. The van der Waals surface area contributed by atoms with E-state index in [1.807, 2.05) is 30.0 Å². The van der Waals surface area contributed by atoms with Gasteiger partial charge in [-0.25, -0.2) is 4.79 Å². The van der Waals surface area contributed by atoms with Crippen molar-refractivity contribution < 1.29 is 14.3 Å². The Kier molecular flexibility index (Phi) is 4.78. The molecule has 0 spiro atoms. The van der Waals surface area contributed by atoms with Gasteiger partial charge in [-0.2, -0.15) is 0 Å². The molecule has 3 atom stereocenters. The minimum atomic E-state index is -0.468. The fourth-order valence-corrected chi connectivity index (χ4v) is 5.24. The van der Waals surface area contributed by atoms with Gasteiger partial charge in [-0.3, -0.25) is 9.59 Å². The van der Waals surface area contributed by atoms with Crippen LogP contribution in [-0.2, 0) is 11.2 Å². The lowest BCUT2D eigenvalue weighted by atomic mass is 9.78. The minimum absolute atomic E-state index is 0.0144. The average Bonchev–Trinajstić information content (AvgIpc) is 2.74. The third-order valence-electron chi connectivity index (χ3n) is 6.67. The normalized spacial score (nSPS) is 22.4. The number of carbonyl (C=O) groups excluding carboxylic acids is 1. The van der Waals surface area contributed by atoms with Crippen molar-refractivity contribution in [1.82, 2.24) is 9.47 Å². The highest BCUT2D eigenvalue weighted by atomic mass is 16.4. The van der Waals surface area contributed by atoms with Crippen molar-refractivity contribution in [3.63, 3.8) is 0 Å². The molecule has 2 aliphatic rings. The molecule has 1 fully saturated rings. The van der Waals surface area contributed by atoms with Gasteiger partial charge >= 0.3 is 5.63 Å². The van der Waals surface area contributed by atoms with Gasteiger partial charge in [0.15, 0.2) is 0 Å². The van der Waals surface area contributed by atoms with Crippen LogP contribution in [0.3, 0.4) is 0 Å². The second kappa shape index (κ2) is 7.50. The van der Waals surface area contributed by atoms with Crippen molar-refractivity contribution in [2.75, 3.05) is 19.7 Å². The summed E-state index contributed by atoms with van der Waals surface area (Å²) >= 11 is 0. The van der Waals surface area contributed by atoms with E-state index in [-0.39, 0.29) is 42.4 Å². The first-order valence-corrected chi connectivity index (χ1v) is 10.6. The first kappa shape index (κ1) is 19.8. The lowest BCUT2D eigenvalue weighted by Gasteiger charge is -2.46. The zero-order valence-corrected chi connectivity index (χ0v) is 17.3. The molecule has 7 nitrogen and oxygen atoms in total. The Balaban J connectivity index is 1.45. The molecule has 2 aliphatic heterocycles. The molecule has 1 N–H and O–H groups in total. The molecule has 160 valence electrons. The maximum atomic E-state index is 13.3. The molecule has 1 saturated heterocycles. The summed E-state index contributed by atoms with van der Waals surface area (Å²) in [4.78, 5) is 39.5. The highest BCUT2D eigenvalue weighted by molar-refractivity contribution is 5.87. The predicted octanol–water partition coefficient (Wildman–Crippen LogP) is 1.98. The SMILES string of the molecule is Cc1ccc2c(CC(=O)N3C[C@H]4C[C@@H](C3)[C@H](CO)n3c4cccc3=O)cc(=O)oc2c1. The molecule has 0 saturated carbocycles. The number of rotatable bonds is 3. The van der Waals surface area contributed by atoms with Gasteiger partial charge in [0.25, 0.3) is 5.56 Å². The molecular weight excluding hydrogens is 396 g/mol. The monoisotopic (exact) mass is 420 g/mol. The Morgan fingerprint density at radius 2 is 2.00 bits per heavy atom. The molecule has 2 bridgehead atoms. The summed E-state index contributed by atoms with van der Waals surface area (Å²) in [6, 6.07) is 11.8. The largest absolute Gasteiger partial charge is 0.423 e. The van der Waals surface area contributed by atoms with Crippen LogP contribution in [0.2, 0.25) is 0 Å². The van der Waals surface area contributed by atoms with Crippen molar-refractivity contribution in [3.05, 3.63) is 80.1 Å². The van der Waals surface area contributed by atoms with E-state index in [9.17, 15) is 19.5 Å². The number of benzene rings is 1. The van der Waals surface area contributed by atoms with Crippen LogP contribution in [-0.4, -0.2) is 40.2 Å². The summed E-state index contributed by atoms with van der Waals surface area (Å²) in [5.41, 5.74) is 2.42. The molecule has 1 aromatic carbocycles. The maximum absolute atomic E-state index is 13.3. The molecule has 0 aliphatic carbocycles. The van der Waals surface area contributed by atoms with Crippen LogP contribution < -0.4 is 11.2 Å². The van der Waals surface area contributed by atoms with E-state index >= 15 is 0 Å². The van der Waals surface area contributed by atoms with Crippen molar-refractivity contribution in [2.45, 2.75) is 31.7 Å². The number of pyridine rings is 1. The Labute approximate surface area is 178 Å². The van der Waals surface area contributed by atoms with Gasteiger partial charge in [0.05, 0.1) is 19.1 Å². The quantitative estimate of drug-likeness (QED) is 0.654. The van der Waals surface area contributed by atoms with Crippen LogP contribution in [0, 0.1) is 12.8 Å². The highest BCUT2D eigenvalue weighted by Gasteiger charge is 2.41. The van der Waals surface area contributed by atoms with E-state index in [0.717, 1.165) is 23.1 Å². The summed E-state index contributed by atoms with van der Waals surface area (Å²) in [5.74, 6) is 0.00534. The van der Waals surface area contributed by atoms with Crippen LogP contribution in [0.25, 0.3) is 11.0 Å². The van der Waals surface area contributed by atoms with Crippen LogP contribution in [0.5, 0.6) is 0 Å². The fourth-order valence-electron chi connectivity index (χ4n) is 5.24. The number of amides is 1. The van der Waals surface area contributed by atoms with Crippen molar-refractivity contribution in [2.24, 2.45) is 5.92 Å². The summed E-state index contributed by atoms with van der Waals surface area (Å²) in [6.07, 6.45) is 0.950. The van der Waals surface area contributed by atoms with Gasteiger partial charge < -0.3 is 19.0 Å². The number of hydrogen-bond acceptors (Lipinski definition) is 5. The maximum Gasteiger partial charge on any atom is 0.336 e. The Bertz CT molecular complexity index is 1290. The molecule has 3 aromatic rings. The number of aryl methyl sites for hydroxylation is 1. The third kappa shape index (κ3) is 3.39. The first-order chi connectivity index (χ1) is 14.9. The van der Waals surface area contributed by atoms with Gasteiger partial charge in [0.2, 0.25) is 5.91 Å². The fraction of sp³-hybridized carbons (Fsp3) is 0.375. The summed E-state index contributed by atoms with van der Waals surface area (Å²) in [6.45, 7) is 2.79. The molecule has 2 aromatic heterocycles. The molecular formula is C24H24N2O5. The second-order valence-corrected chi connectivity index (χ2v) is 8.67. The van der Waals surface area contributed by atoms with Gasteiger partial charge in [-0.05, 0) is 36.6 Å². The summed E-state index contributed by atoms with van der Waals surface area (Å²) < 4.78 is 7.02. The average molecular weight is 420 g/mol. The Hall–Kier alpha value is -3.19. The Morgan fingerprint density at radius 1 is 1.16 bits per heavy atom. The molecule has 31 heavy (non-hydrogen) atoms. The van der Waals surface area contributed by atoms with Gasteiger partial charge in [0, 0.05) is 48.1 Å². The van der Waals surface area contributed by atoms with E-state index in [1.165, 1.54) is 12.1 Å². The number of aliphatic hydroxyl groups is 1. The summed E-state index contributed by atoms with van der Waals surface area (Å²) in [7, 11) is 0.